The summed E-state index contributed by atoms with van der Waals surface area (Å²) in [6, 6.07) is 6.43. The highest BCUT2D eigenvalue weighted by Gasteiger charge is 2.32. The first-order valence-corrected chi connectivity index (χ1v) is 7.05. The van der Waals surface area contributed by atoms with E-state index in [1.165, 1.54) is 6.07 Å². The molecule has 1 aliphatic rings. The lowest BCUT2D eigenvalue weighted by atomic mass is 9.95. The Kier molecular flexibility index (Phi) is 3.76. The summed E-state index contributed by atoms with van der Waals surface area (Å²) < 4.78 is 51.9. The van der Waals surface area contributed by atoms with Crippen LogP contribution in [0.15, 0.2) is 42.5 Å². The highest BCUT2D eigenvalue weighted by Crippen LogP contribution is 2.36. The highest BCUT2D eigenvalue weighted by atomic mass is 35.5. The fraction of sp³-hybridized carbons (Fsp3) is 0.118. The Balaban J connectivity index is 2.10. The molecule has 0 bridgehead atoms. The molecule has 0 spiro atoms. The van der Waals surface area contributed by atoms with Crippen molar-refractivity contribution in [1.29, 1.82) is 0 Å². The van der Waals surface area contributed by atoms with Crippen molar-refractivity contribution in [2.24, 2.45) is 0 Å². The van der Waals surface area contributed by atoms with E-state index in [1.54, 1.807) is 12.1 Å². The van der Waals surface area contributed by atoms with Crippen LogP contribution in [0, 0.1) is 5.82 Å². The molecule has 0 aliphatic heterocycles. The van der Waals surface area contributed by atoms with Crippen molar-refractivity contribution in [2.45, 2.75) is 12.6 Å². The Bertz CT molecular complexity index is 837. The summed E-state index contributed by atoms with van der Waals surface area (Å²) in [4.78, 5) is 12.6. The van der Waals surface area contributed by atoms with E-state index in [0.717, 1.165) is 11.6 Å². The zero-order chi connectivity index (χ0) is 16.8. The molecule has 0 unspecified atom stereocenters. The lowest BCUT2D eigenvalue weighted by Crippen LogP contribution is -2.10. The average Bonchev–Trinajstić information content (AvgIpc) is 3.29. The lowest BCUT2D eigenvalue weighted by Gasteiger charge is -2.11. The zero-order valence-electron chi connectivity index (χ0n) is 11.5. The number of alkyl halides is 3. The number of rotatable bonds is 3. The second-order valence-electron chi connectivity index (χ2n) is 5.18. The molecule has 3 rings (SSSR count). The van der Waals surface area contributed by atoms with Gasteiger partial charge in [-0.15, -0.1) is 0 Å². The van der Waals surface area contributed by atoms with E-state index in [9.17, 15) is 22.4 Å². The molecule has 0 fully saturated rings. The number of halogens is 5. The predicted octanol–water partition coefficient (Wildman–Crippen LogP) is 5.52. The van der Waals surface area contributed by atoms with Crippen molar-refractivity contribution in [1.82, 2.24) is 0 Å². The van der Waals surface area contributed by atoms with Gasteiger partial charge < -0.3 is 0 Å². The van der Waals surface area contributed by atoms with E-state index >= 15 is 0 Å². The summed E-state index contributed by atoms with van der Waals surface area (Å²) in [7, 11) is 0. The summed E-state index contributed by atoms with van der Waals surface area (Å²) in [6.45, 7) is 0. The molecular formula is C17H9ClF4O. The molecule has 2 aromatic carbocycles. The molecule has 118 valence electrons. The van der Waals surface area contributed by atoms with Gasteiger partial charge in [-0.3, -0.25) is 4.79 Å². The van der Waals surface area contributed by atoms with E-state index in [1.807, 2.05) is 6.08 Å². The van der Waals surface area contributed by atoms with Gasteiger partial charge in [-0.05, 0) is 47.9 Å². The van der Waals surface area contributed by atoms with Gasteiger partial charge in [0, 0.05) is 16.1 Å². The third-order valence-electron chi connectivity index (χ3n) is 3.47. The summed E-state index contributed by atoms with van der Waals surface area (Å²) in [6.07, 6.45) is -2.14. The smallest absolute Gasteiger partial charge is 0.289 e. The monoisotopic (exact) mass is 340 g/mol. The van der Waals surface area contributed by atoms with E-state index in [2.05, 4.69) is 0 Å². The van der Waals surface area contributed by atoms with Crippen molar-refractivity contribution in [3.63, 3.8) is 0 Å². The highest BCUT2D eigenvalue weighted by molar-refractivity contribution is 6.31. The maximum absolute atomic E-state index is 13.5. The van der Waals surface area contributed by atoms with Gasteiger partial charge in [0.2, 0.25) is 0 Å². The van der Waals surface area contributed by atoms with Gasteiger partial charge >= 0.3 is 6.18 Å². The Morgan fingerprint density at radius 1 is 1.09 bits per heavy atom. The Labute approximate surface area is 134 Å². The summed E-state index contributed by atoms with van der Waals surface area (Å²) >= 11 is 5.88. The predicted molar refractivity (Wildman–Crippen MR) is 78.9 cm³/mol. The standard InChI is InChI=1S/C17H9ClF4O/c18-12-3-4-14(9-1-2-9)15(8-12)16(23)10-5-11(17(20,21)22)7-13(19)6-10/h1,3-8H,2H2. The molecule has 1 nitrogen and oxygen atoms in total. The molecule has 2 aromatic rings. The molecule has 0 amide bonds. The minimum atomic E-state index is -4.73. The third kappa shape index (κ3) is 3.29. The molecule has 0 heterocycles. The third-order valence-corrected chi connectivity index (χ3v) is 3.70. The molecule has 0 saturated heterocycles. The number of benzene rings is 2. The minimum absolute atomic E-state index is 0.167. The van der Waals surface area contributed by atoms with E-state index in [4.69, 9.17) is 11.6 Å². The topological polar surface area (TPSA) is 17.1 Å². The van der Waals surface area contributed by atoms with Gasteiger partial charge in [0.15, 0.2) is 5.78 Å². The second kappa shape index (κ2) is 5.49. The fourth-order valence-electron chi connectivity index (χ4n) is 2.30. The van der Waals surface area contributed by atoms with Crippen LogP contribution in [0.2, 0.25) is 5.02 Å². The number of hydrogen-bond acceptors (Lipinski definition) is 1. The Morgan fingerprint density at radius 3 is 2.39 bits per heavy atom. The number of allylic oxidation sites excluding steroid dienone is 2. The number of carbonyl (C=O) groups is 1. The fourth-order valence-corrected chi connectivity index (χ4v) is 2.47. The van der Waals surface area contributed by atoms with Gasteiger partial charge in [0.1, 0.15) is 5.82 Å². The summed E-state index contributed by atoms with van der Waals surface area (Å²) in [5.74, 6) is -1.81. The molecule has 0 saturated carbocycles. The van der Waals surface area contributed by atoms with E-state index < -0.39 is 23.3 Å². The zero-order valence-corrected chi connectivity index (χ0v) is 12.3. The van der Waals surface area contributed by atoms with Crippen LogP contribution in [0.25, 0.3) is 5.57 Å². The van der Waals surface area contributed by atoms with Crippen LogP contribution in [-0.4, -0.2) is 5.78 Å². The quantitative estimate of drug-likeness (QED) is 0.531. The van der Waals surface area contributed by atoms with Gasteiger partial charge in [0.25, 0.3) is 0 Å². The summed E-state index contributed by atoms with van der Waals surface area (Å²) in [5.41, 5.74) is 0.131. The van der Waals surface area contributed by atoms with Crippen molar-refractivity contribution in [3.05, 3.63) is 75.6 Å². The first-order valence-electron chi connectivity index (χ1n) is 6.67. The van der Waals surface area contributed by atoms with Gasteiger partial charge in [-0.1, -0.05) is 23.7 Å². The maximum atomic E-state index is 13.5. The average molecular weight is 341 g/mol. The molecule has 0 N–H and O–H groups in total. The van der Waals surface area contributed by atoms with Crippen LogP contribution in [0.5, 0.6) is 0 Å². The van der Waals surface area contributed by atoms with E-state index in [-0.39, 0.29) is 16.1 Å². The van der Waals surface area contributed by atoms with Crippen molar-refractivity contribution in [3.8, 4) is 0 Å². The first kappa shape index (κ1) is 15.7. The van der Waals surface area contributed by atoms with Gasteiger partial charge in [-0.25, -0.2) is 4.39 Å². The normalized spacial score (nSPS) is 13.7. The SMILES string of the molecule is O=C(c1cc(F)cc(C(F)(F)F)c1)c1cc(Cl)ccc1C1=CC1. The van der Waals surface area contributed by atoms with Crippen LogP contribution in [0.1, 0.15) is 33.5 Å². The van der Waals surface area contributed by atoms with Crippen LogP contribution in [0.4, 0.5) is 17.6 Å². The number of carbonyl (C=O) groups excluding carboxylic acids is 1. The van der Waals surface area contributed by atoms with Crippen molar-refractivity contribution >= 4 is 23.0 Å². The molecule has 23 heavy (non-hydrogen) atoms. The molecule has 1 aliphatic carbocycles. The molecule has 6 heteroatoms. The number of ketones is 1. The van der Waals surface area contributed by atoms with Gasteiger partial charge in [-0.2, -0.15) is 13.2 Å². The van der Waals surface area contributed by atoms with Crippen LogP contribution < -0.4 is 0 Å². The molecule has 0 atom stereocenters. The van der Waals surface area contributed by atoms with Crippen LogP contribution in [0.3, 0.4) is 0 Å². The summed E-state index contributed by atoms with van der Waals surface area (Å²) in [5, 5.41) is 0.283. The first-order chi connectivity index (χ1) is 10.8. The maximum Gasteiger partial charge on any atom is 0.416 e. The van der Waals surface area contributed by atoms with Crippen molar-refractivity contribution in [2.75, 3.05) is 0 Å². The van der Waals surface area contributed by atoms with Crippen LogP contribution >= 0.6 is 11.6 Å². The second-order valence-corrected chi connectivity index (χ2v) is 5.62. The van der Waals surface area contributed by atoms with Crippen molar-refractivity contribution < 1.29 is 22.4 Å². The number of hydrogen-bond donors (Lipinski definition) is 0. The molecular weight excluding hydrogens is 332 g/mol. The Hall–Kier alpha value is -2.14. The van der Waals surface area contributed by atoms with Gasteiger partial charge in [0.05, 0.1) is 5.56 Å². The van der Waals surface area contributed by atoms with E-state index in [0.29, 0.717) is 24.1 Å². The largest absolute Gasteiger partial charge is 0.416 e. The minimum Gasteiger partial charge on any atom is -0.289 e. The lowest BCUT2D eigenvalue weighted by molar-refractivity contribution is -0.137. The molecule has 0 aromatic heterocycles. The molecule has 0 radical (unpaired) electrons. The Morgan fingerprint density at radius 2 is 1.78 bits per heavy atom. The van der Waals surface area contributed by atoms with Crippen LogP contribution in [-0.2, 0) is 6.18 Å².